The molecule has 2 heteroatoms. The van der Waals surface area contributed by atoms with Gasteiger partial charge in [0, 0.05) is 15.6 Å². The maximum Gasteiger partial charge on any atom is 0.00779 e. The Kier molecular flexibility index (Phi) is 6.33. The number of hydrogen-bond donors (Lipinski definition) is 0. The summed E-state index contributed by atoms with van der Waals surface area (Å²) in [7, 11) is 1.36. The fourth-order valence-corrected chi connectivity index (χ4v) is 1.36. The van der Waals surface area contributed by atoms with Crippen molar-refractivity contribution in [1.29, 1.82) is 0 Å². The minimum atomic E-state index is 1.01. The predicted molar refractivity (Wildman–Crippen MR) is 47.0 cm³/mol. The molecule has 0 saturated carbocycles. The van der Waals surface area contributed by atoms with E-state index in [1.54, 1.807) is 0 Å². The Hall–Kier alpha value is 0.697. The van der Waals surface area contributed by atoms with Gasteiger partial charge in [0.25, 0.3) is 0 Å². The van der Waals surface area contributed by atoms with Crippen LogP contribution in [0.1, 0.15) is 26.2 Å². The lowest BCUT2D eigenvalue weighted by molar-refractivity contribution is 0.707. The molecule has 0 radical (unpaired) electrons. The van der Waals surface area contributed by atoms with Gasteiger partial charge in [0.15, 0.2) is 0 Å². The Morgan fingerprint density at radius 3 is 2.62 bits per heavy atom. The van der Waals surface area contributed by atoms with Gasteiger partial charge in [-0.1, -0.05) is 42.1 Å². The second-order valence-electron chi connectivity index (χ2n) is 2.40. The number of alkyl halides is 1. The van der Waals surface area contributed by atoms with Crippen LogP contribution in [0.25, 0.3) is 0 Å². The summed E-state index contributed by atoms with van der Waals surface area (Å²) >= 11 is 3.48. The van der Waals surface area contributed by atoms with Crippen LogP contribution < -0.4 is 0 Å². The molecule has 0 aromatic carbocycles. The monoisotopic (exact) mass is 194 g/mol. The fraction of sp³-hybridized carbons (Fsp3) is 1.00. The van der Waals surface area contributed by atoms with E-state index in [4.69, 9.17) is 0 Å². The summed E-state index contributed by atoms with van der Waals surface area (Å²) in [6.07, 6.45) is 4.21. The molecule has 0 rings (SSSR count). The molecule has 0 spiro atoms. The van der Waals surface area contributed by atoms with Gasteiger partial charge in [0.2, 0.25) is 0 Å². The van der Waals surface area contributed by atoms with Crippen LogP contribution in [0, 0.1) is 0 Å². The molecule has 8 heavy (non-hydrogen) atoms. The Labute approximate surface area is 63.6 Å². The van der Waals surface area contributed by atoms with E-state index in [0.29, 0.717) is 0 Å². The van der Waals surface area contributed by atoms with Crippen molar-refractivity contribution >= 4 is 26.2 Å². The van der Waals surface area contributed by atoms with Crippen LogP contribution in [0.2, 0.25) is 5.54 Å². The molecule has 0 fully saturated rings. The zero-order valence-electron chi connectivity index (χ0n) is 5.78. The molecule has 0 N–H and O–H groups in total. The normalized spacial score (nSPS) is 14.2. The smallest absolute Gasteiger partial charge is 0.00779 e. The van der Waals surface area contributed by atoms with Crippen LogP contribution in [-0.2, 0) is 0 Å². The van der Waals surface area contributed by atoms with Crippen LogP contribution in [0.5, 0.6) is 0 Å². The van der Waals surface area contributed by atoms with E-state index < -0.39 is 0 Å². The topological polar surface area (TPSA) is 0 Å². The molecule has 0 aliphatic heterocycles. The lowest BCUT2D eigenvalue weighted by atomic mass is 10.2. The summed E-state index contributed by atoms with van der Waals surface area (Å²) in [4.78, 5) is 0. The maximum absolute atomic E-state index is 3.48. The SMILES string of the molecule is CCCCC([SiH3])CBr. The molecule has 0 aromatic heterocycles. The molecule has 0 amide bonds. The second kappa shape index (κ2) is 5.83. The first-order valence-electron chi connectivity index (χ1n) is 3.37. The van der Waals surface area contributed by atoms with E-state index >= 15 is 0 Å². The average molecular weight is 195 g/mol. The Morgan fingerprint density at radius 1 is 1.62 bits per heavy atom. The minimum Gasteiger partial charge on any atom is -0.0929 e. The number of unbranched alkanes of at least 4 members (excludes halogenated alkanes) is 1. The third kappa shape index (κ3) is 4.85. The van der Waals surface area contributed by atoms with Gasteiger partial charge < -0.3 is 0 Å². The van der Waals surface area contributed by atoms with Crippen molar-refractivity contribution in [3.05, 3.63) is 0 Å². The number of hydrogen-bond acceptors (Lipinski definition) is 0. The quantitative estimate of drug-likeness (QED) is 0.473. The molecule has 0 saturated heterocycles. The molecular weight excluding hydrogens is 180 g/mol. The molecule has 1 unspecified atom stereocenters. The highest BCUT2D eigenvalue weighted by Gasteiger charge is 1.95. The Morgan fingerprint density at radius 2 is 2.25 bits per heavy atom. The van der Waals surface area contributed by atoms with E-state index in [0.717, 1.165) is 5.54 Å². The first-order chi connectivity index (χ1) is 3.81. The van der Waals surface area contributed by atoms with Crippen molar-refractivity contribution in [3.63, 3.8) is 0 Å². The number of halogens is 1. The van der Waals surface area contributed by atoms with Crippen molar-refractivity contribution in [2.24, 2.45) is 0 Å². The molecular formula is C6H15BrSi. The third-order valence-electron chi connectivity index (χ3n) is 1.31. The summed E-state index contributed by atoms with van der Waals surface area (Å²) in [5.41, 5.74) is 1.01. The van der Waals surface area contributed by atoms with E-state index in [-0.39, 0.29) is 0 Å². The summed E-state index contributed by atoms with van der Waals surface area (Å²) in [5, 5.41) is 1.22. The molecule has 0 aliphatic rings. The molecule has 0 bridgehead atoms. The van der Waals surface area contributed by atoms with Crippen molar-refractivity contribution in [1.82, 2.24) is 0 Å². The zero-order valence-corrected chi connectivity index (χ0v) is 9.37. The van der Waals surface area contributed by atoms with Gasteiger partial charge in [-0.3, -0.25) is 0 Å². The molecule has 0 heterocycles. The maximum atomic E-state index is 3.48. The average Bonchev–Trinajstić information content (AvgIpc) is 1.83. The van der Waals surface area contributed by atoms with E-state index in [9.17, 15) is 0 Å². The molecule has 0 aliphatic carbocycles. The minimum absolute atomic E-state index is 1.01. The van der Waals surface area contributed by atoms with Crippen molar-refractivity contribution in [3.8, 4) is 0 Å². The van der Waals surface area contributed by atoms with Crippen LogP contribution >= 0.6 is 15.9 Å². The van der Waals surface area contributed by atoms with Crippen molar-refractivity contribution in [2.45, 2.75) is 31.7 Å². The fourth-order valence-electron chi connectivity index (χ4n) is 0.630. The first kappa shape index (κ1) is 8.70. The zero-order chi connectivity index (χ0) is 6.41. The first-order valence-corrected chi connectivity index (χ1v) is 5.64. The summed E-state index contributed by atoms with van der Waals surface area (Å²) in [6, 6.07) is 0. The van der Waals surface area contributed by atoms with Gasteiger partial charge in [-0.25, -0.2) is 0 Å². The van der Waals surface area contributed by atoms with Crippen molar-refractivity contribution < 1.29 is 0 Å². The van der Waals surface area contributed by atoms with Gasteiger partial charge in [-0.2, -0.15) is 0 Å². The number of rotatable bonds is 4. The highest BCUT2D eigenvalue weighted by atomic mass is 79.9. The van der Waals surface area contributed by atoms with Gasteiger partial charge in [0.1, 0.15) is 0 Å². The summed E-state index contributed by atoms with van der Waals surface area (Å²) < 4.78 is 0. The Bertz CT molecular complexity index is 47.8. The van der Waals surface area contributed by atoms with Crippen LogP contribution in [0.15, 0.2) is 0 Å². The molecule has 1 atom stereocenters. The molecule has 0 nitrogen and oxygen atoms in total. The van der Waals surface area contributed by atoms with Gasteiger partial charge in [-0.15, -0.1) is 0 Å². The summed E-state index contributed by atoms with van der Waals surface area (Å²) in [6.45, 7) is 2.25. The second-order valence-corrected chi connectivity index (χ2v) is 4.68. The van der Waals surface area contributed by atoms with E-state index in [2.05, 4.69) is 22.9 Å². The van der Waals surface area contributed by atoms with Gasteiger partial charge >= 0.3 is 0 Å². The van der Waals surface area contributed by atoms with Crippen LogP contribution in [0.4, 0.5) is 0 Å². The highest BCUT2D eigenvalue weighted by Crippen LogP contribution is 2.12. The van der Waals surface area contributed by atoms with Crippen LogP contribution in [0.3, 0.4) is 0 Å². The van der Waals surface area contributed by atoms with E-state index in [1.165, 1.54) is 34.8 Å². The van der Waals surface area contributed by atoms with Crippen molar-refractivity contribution in [2.75, 3.05) is 5.33 Å². The predicted octanol–water partition coefficient (Wildman–Crippen LogP) is 1.73. The third-order valence-corrected chi connectivity index (χ3v) is 4.60. The van der Waals surface area contributed by atoms with Gasteiger partial charge in [-0.05, 0) is 5.54 Å². The van der Waals surface area contributed by atoms with Gasteiger partial charge in [0.05, 0.1) is 0 Å². The standard InChI is InChI=1S/C6H15BrSi/c1-2-3-4-6(8)5-7/h6H,2-5H2,1,8H3. The Balaban J connectivity index is 2.86. The molecule has 50 valence electrons. The molecule has 0 aromatic rings. The lowest BCUT2D eigenvalue weighted by Crippen LogP contribution is -1.91. The van der Waals surface area contributed by atoms with E-state index in [1.807, 2.05) is 0 Å². The highest BCUT2D eigenvalue weighted by molar-refractivity contribution is 9.09. The summed E-state index contributed by atoms with van der Waals surface area (Å²) in [5.74, 6) is 0. The largest absolute Gasteiger partial charge is 0.0929 e. The van der Waals surface area contributed by atoms with Crippen LogP contribution in [-0.4, -0.2) is 15.6 Å². The lowest BCUT2D eigenvalue weighted by Gasteiger charge is -2.03.